The van der Waals surface area contributed by atoms with Crippen LogP contribution in [0.25, 0.3) is 0 Å². The summed E-state index contributed by atoms with van der Waals surface area (Å²) >= 11 is 7.48. The van der Waals surface area contributed by atoms with E-state index < -0.39 is 0 Å². The van der Waals surface area contributed by atoms with Crippen LogP contribution in [0.3, 0.4) is 0 Å². The third-order valence-corrected chi connectivity index (χ3v) is 3.21. The van der Waals surface area contributed by atoms with Crippen LogP contribution in [0, 0.1) is 6.92 Å². The van der Waals surface area contributed by atoms with Gasteiger partial charge in [0, 0.05) is 11.8 Å². The molecule has 0 spiro atoms. The van der Waals surface area contributed by atoms with Crippen LogP contribution in [0.15, 0.2) is 27.5 Å². The van der Waals surface area contributed by atoms with Crippen LogP contribution in [0.5, 0.6) is 0 Å². The zero-order valence-electron chi connectivity index (χ0n) is 8.61. The Morgan fingerprint density at radius 1 is 1.44 bits per heavy atom. The van der Waals surface area contributed by atoms with Crippen molar-refractivity contribution < 1.29 is 4.42 Å². The molecule has 0 aliphatic heterocycles. The van der Waals surface area contributed by atoms with E-state index in [0.717, 1.165) is 4.90 Å². The zero-order chi connectivity index (χ0) is 11.5. The number of benzene rings is 1. The molecule has 0 bridgehead atoms. The number of nitrogen functional groups attached to an aromatic ring is 1. The fourth-order valence-electron chi connectivity index (χ4n) is 1.14. The molecule has 0 aliphatic rings. The summed E-state index contributed by atoms with van der Waals surface area (Å²) in [5.74, 6) is 1.81. The van der Waals surface area contributed by atoms with Crippen LogP contribution in [0.4, 0.5) is 5.69 Å². The Kier molecular flexibility index (Phi) is 3.36. The van der Waals surface area contributed by atoms with E-state index >= 15 is 0 Å². The van der Waals surface area contributed by atoms with Crippen molar-refractivity contribution in [2.45, 2.75) is 17.6 Å². The average molecular weight is 256 g/mol. The van der Waals surface area contributed by atoms with Gasteiger partial charge in [-0.1, -0.05) is 11.6 Å². The number of aromatic nitrogens is 2. The van der Waals surface area contributed by atoms with E-state index in [1.807, 2.05) is 12.1 Å². The minimum absolute atomic E-state index is 0.562. The van der Waals surface area contributed by atoms with Gasteiger partial charge in [-0.05, 0) is 18.2 Å². The second-order valence-electron chi connectivity index (χ2n) is 3.19. The van der Waals surface area contributed by atoms with E-state index in [9.17, 15) is 0 Å². The molecule has 0 saturated heterocycles. The van der Waals surface area contributed by atoms with Crippen LogP contribution < -0.4 is 5.73 Å². The largest absolute Gasteiger partial charge is 0.425 e. The van der Waals surface area contributed by atoms with E-state index in [0.29, 0.717) is 28.2 Å². The molecule has 2 N–H and O–H groups in total. The molecular formula is C10H10ClN3OS. The van der Waals surface area contributed by atoms with Crippen molar-refractivity contribution in [1.29, 1.82) is 0 Å². The van der Waals surface area contributed by atoms with Crippen molar-refractivity contribution in [1.82, 2.24) is 10.2 Å². The molecule has 0 atom stereocenters. The molecule has 16 heavy (non-hydrogen) atoms. The lowest BCUT2D eigenvalue weighted by molar-refractivity contribution is 0.485. The van der Waals surface area contributed by atoms with Crippen molar-refractivity contribution >= 4 is 29.1 Å². The predicted molar refractivity (Wildman–Crippen MR) is 64.5 cm³/mol. The lowest BCUT2D eigenvalue weighted by atomic mass is 10.3. The van der Waals surface area contributed by atoms with Gasteiger partial charge < -0.3 is 10.2 Å². The summed E-state index contributed by atoms with van der Waals surface area (Å²) in [6, 6.07) is 5.52. The predicted octanol–water partition coefficient (Wildman–Crippen LogP) is 2.91. The van der Waals surface area contributed by atoms with E-state index in [1.54, 1.807) is 24.8 Å². The Hall–Kier alpha value is -1.20. The molecule has 1 aromatic carbocycles. The Bertz CT molecular complexity index is 501. The highest BCUT2D eigenvalue weighted by molar-refractivity contribution is 7.98. The van der Waals surface area contributed by atoms with Gasteiger partial charge in [0.05, 0.1) is 16.5 Å². The molecule has 84 valence electrons. The van der Waals surface area contributed by atoms with Gasteiger partial charge in [-0.2, -0.15) is 0 Å². The molecule has 2 aromatic rings. The third-order valence-electron chi connectivity index (χ3n) is 1.90. The summed E-state index contributed by atoms with van der Waals surface area (Å²) in [6.07, 6.45) is 0. The van der Waals surface area contributed by atoms with Gasteiger partial charge in [-0.25, -0.2) is 0 Å². The summed E-state index contributed by atoms with van der Waals surface area (Å²) < 4.78 is 5.26. The van der Waals surface area contributed by atoms with Crippen LogP contribution in [0.2, 0.25) is 5.02 Å². The van der Waals surface area contributed by atoms with E-state index in [2.05, 4.69) is 10.2 Å². The maximum atomic E-state index is 5.91. The zero-order valence-corrected chi connectivity index (χ0v) is 10.2. The molecule has 6 heteroatoms. The van der Waals surface area contributed by atoms with E-state index in [-0.39, 0.29) is 0 Å². The van der Waals surface area contributed by atoms with Gasteiger partial charge in [-0.15, -0.1) is 22.0 Å². The fraction of sp³-hybridized carbons (Fsp3) is 0.200. The van der Waals surface area contributed by atoms with Crippen molar-refractivity contribution in [2.75, 3.05) is 5.73 Å². The highest BCUT2D eigenvalue weighted by atomic mass is 35.5. The normalized spacial score (nSPS) is 10.6. The molecule has 0 radical (unpaired) electrons. The number of halogens is 1. The highest BCUT2D eigenvalue weighted by Gasteiger charge is 2.04. The molecule has 0 unspecified atom stereocenters. The number of hydrogen-bond donors (Lipinski definition) is 1. The standard InChI is InChI=1S/C10H10ClN3OS/c1-6-13-14-10(15-6)5-16-7-2-3-9(12)8(11)4-7/h2-4H,5,12H2,1H3. The molecule has 0 aliphatic carbocycles. The number of nitrogens with zero attached hydrogens (tertiary/aromatic N) is 2. The van der Waals surface area contributed by atoms with Gasteiger partial charge in [0.2, 0.25) is 11.8 Å². The lowest BCUT2D eigenvalue weighted by Crippen LogP contribution is -1.86. The van der Waals surface area contributed by atoms with Gasteiger partial charge in [-0.3, -0.25) is 0 Å². The lowest BCUT2D eigenvalue weighted by Gasteiger charge is -2.01. The van der Waals surface area contributed by atoms with Crippen LogP contribution in [-0.2, 0) is 5.75 Å². The number of thioether (sulfide) groups is 1. The quantitative estimate of drug-likeness (QED) is 0.675. The first kappa shape index (κ1) is 11.3. The number of hydrogen-bond acceptors (Lipinski definition) is 5. The van der Waals surface area contributed by atoms with Gasteiger partial charge in [0.1, 0.15) is 0 Å². The molecule has 1 heterocycles. The average Bonchev–Trinajstić information content (AvgIpc) is 2.66. The minimum Gasteiger partial charge on any atom is -0.425 e. The number of rotatable bonds is 3. The van der Waals surface area contributed by atoms with E-state index in [4.69, 9.17) is 21.8 Å². The van der Waals surface area contributed by atoms with Crippen molar-refractivity contribution in [3.05, 3.63) is 35.0 Å². The number of nitrogens with two attached hydrogens (primary N) is 1. The first-order valence-electron chi connectivity index (χ1n) is 4.62. The molecule has 0 fully saturated rings. The van der Waals surface area contributed by atoms with Crippen molar-refractivity contribution in [2.24, 2.45) is 0 Å². The van der Waals surface area contributed by atoms with Crippen LogP contribution >= 0.6 is 23.4 Å². The van der Waals surface area contributed by atoms with Gasteiger partial charge in [0.25, 0.3) is 0 Å². The highest BCUT2D eigenvalue weighted by Crippen LogP contribution is 2.28. The number of anilines is 1. The smallest absolute Gasteiger partial charge is 0.226 e. The minimum atomic E-state index is 0.562. The summed E-state index contributed by atoms with van der Waals surface area (Å²) in [4.78, 5) is 1.02. The Morgan fingerprint density at radius 2 is 2.25 bits per heavy atom. The summed E-state index contributed by atoms with van der Waals surface area (Å²) in [5.41, 5.74) is 6.20. The second-order valence-corrected chi connectivity index (χ2v) is 4.64. The Morgan fingerprint density at radius 3 is 2.88 bits per heavy atom. The molecule has 0 saturated carbocycles. The first-order chi connectivity index (χ1) is 7.65. The molecule has 2 rings (SSSR count). The van der Waals surface area contributed by atoms with Crippen molar-refractivity contribution in [3.63, 3.8) is 0 Å². The monoisotopic (exact) mass is 255 g/mol. The maximum absolute atomic E-state index is 5.91. The molecule has 1 aromatic heterocycles. The molecular weight excluding hydrogens is 246 g/mol. The van der Waals surface area contributed by atoms with Crippen LogP contribution in [-0.4, -0.2) is 10.2 Å². The van der Waals surface area contributed by atoms with E-state index in [1.165, 1.54) is 0 Å². The third kappa shape index (κ3) is 2.68. The second kappa shape index (κ2) is 4.76. The SMILES string of the molecule is Cc1nnc(CSc2ccc(N)c(Cl)c2)o1. The molecule has 4 nitrogen and oxygen atoms in total. The van der Waals surface area contributed by atoms with Gasteiger partial charge >= 0.3 is 0 Å². The molecule has 0 amide bonds. The maximum Gasteiger partial charge on any atom is 0.226 e. The van der Waals surface area contributed by atoms with Crippen LogP contribution in [0.1, 0.15) is 11.8 Å². The Labute approximate surface area is 102 Å². The first-order valence-corrected chi connectivity index (χ1v) is 5.98. The topological polar surface area (TPSA) is 64.9 Å². The summed E-state index contributed by atoms with van der Waals surface area (Å²) in [7, 11) is 0. The summed E-state index contributed by atoms with van der Waals surface area (Å²) in [5, 5.41) is 8.22. The van der Waals surface area contributed by atoms with Crippen molar-refractivity contribution in [3.8, 4) is 0 Å². The Balaban J connectivity index is 2.02. The summed E-state index contributed by atoms with van der Waals surface area (Å²) in [6.45, 7) is 1.77. The fourth-order valence-corrected chi connectivity index (χ4v) is 2.16. The van der Waals surface area contributed by atoms with Gasteiger partial charge in [0.15, 0.2) is 0 Å². The number of aryl methyl sites for hydroxylation is 1.